The minimum atomic E-state index is 0.203. The molecule has 0 aliphatic heterocycles. The molecule has 0 atom stereocenters. The third-order valence-corrected chi connectivity index (χ3v) is 2.97. The van der Waals surface area contributed by atoms with Crippen LogP contribution in [0.5, 0.6) is 5.75 Å². The van der Waals surface area contributed by atoms with Crippen molar-refractivity contribution in [2.45, 2.75) is 32.9 Å². The van der Waals surface area contributed by atoms with Crippen LogP contribution in [0.2, 0.25) is 0 Å². The van der Waals surface area contributed by atoms with E-state index in [1.165, 1.54) is 5.56 Å². The van der Waals surface area contributed by atoms with Gasteiger partial charge >= 0.3 is 0 Å². The Morgan fingerprint density at radius 1 is 1.28 bits per heavy atom. The fourth-order valence-corrected chi connectivity index (χ4v) is 2.08. The molecule has 0 amide bonds. The topological polar surface area (TPSA) is 33.3 Å². The largest absolute Gasteiger partial charge is 0.491 e. The summed E-state index contributed by atoms with van der Waals surface area (Å²) in [6.45, 7) is 6.98. The number of hydrogen-bond acceptors (Lipinski definition) is 3. The van der Waals surface area contributed by atoms with Crippen LogP contribution in [0.25, 0.3) is 0 Å². The third-order valence-electron chi connectivity index (χ3n) is 2.48. The Labute approximate surface area is 118 Å². The fourth-order valence-electron chi connectivity index (χ4n) is 1.67. The summed E-state index contributed by atoms with van der Waals surface area (Å²) in [7, 11) is 1.98. The molecule has 0 aliphatic rings. The average Bonchev–Trinajstić information content (AvgIpc) is 2.31. The smallest absolute Gasteiger partial charge is 0.124 e. The number of halogens is 1. The van der Waals surface area contributed by atoms with Gasteiger partial charge in [0.1, 0.15) is 5.75 Å². The molecule has 0 radical (unpaired) electrons. The average molecular weight is 315 g/mol. The molecule has 0 aromatic heterocycles. The molecule has 0 bridgehead atoms. The summed E-state index contributed by atoms with van der Waals surface area (Å²) in [6, 6.07) is 6.15. The van der Waals surface area contributed by atoms with Crippen LogP contribution in [0.3, 0.4) is 0 Å². The molecular weight excluding hydrogens is 292 g/mol. The van der Waals surface area contributed by atoms with Gasteiger partial charge in [0, 0.05) is 16.6 Å². The van der Waals surface area contributed by atoms with E-state index in [2.05, 4.69) is 32.6 Å². The van der Waals surface area contributed by atoms with E-state index in [1.54, 1.807) is 0 Å². The lowest BCUT2D eigenvalue weighted by molar-refractivity contribution is 0.239. The lowest BCUT2D eigenvalue weighted by atomic mass is 10.2. The van der Waals surface area contributed by atoms with Crippen molar-refractivity contribution in [3.63, 3.8) is 0 Å². The van der Waals surface area contributed by atoms with E-state index >= 15 is 0 Å². The lowest BCUT2D eigenvalue weighted by Crippen LogP contribution is -2.20. The normalized spacial score (nSPS) is 10.9. The van der Waals surface area contributed by atoms with E-state index in [-0.39, 0.29) is 6.10 Å². The van der Waals surface area contributed by atoms with Crippen molar-refractivity contribution < 1.29 is 4.74 Å². The zero-order chi connectivity index (χ0) is 13.4. The highest BCUT2D eigenvalue weighted by molar-refractivity contribution is 9.10. The van der Waals surface area contributed by atoms with Crippen LogP contribution in [0.1, 0.15) is 25.8 Å². The number of rotatable bonds is 8. The number of hydrogen-bond donors (Lipinski definition) is 2. The SMILES string of the molecule is CNCCCNCc1cc(Br)ccc1OC(C)C. The first-order chi connectivity index (χ1) is 8.63. The van der Waals surface area contributed by atoms with Gasteiger partial charge in [0.15, 0.2) is 0 Å². The van der Waals surface area contributed by atoms with Crippen molar-refractivity contribution in [3.05, 3.63) is 28.2 Å². The first-order valence-electron chi connectivity index (χ1n) is 6.44. The van der Waals surface area contributed by atoms with Crippen molar-refractivity contribution >= 4 is 15.9 Å². The maximum atomic E-state index is 5.81. The van der Waals surface area contributed by atoms with Gasteiger partial charge in [0.25, 0.3) is 0 Å². The highest BCUT2D eigenvalue weighted by atomic mass is 79.9. The zero-order valence-electron chi connectivity index (χ0n) is 11.4. The summed E-state index contributed by atoms with van der Waals surface area (Å²) >= 11 is 3.50. The van der Waals surface area contributed by atoms with Crippen LogP contribution >= 0.6 is 15.9 Å². The van der Waals surface area contributed by atoms with Gasteiger partial charge in [0.05, 0.1) is 6.10 Å². The van der Waals surface area contributed by atoms with Gasteiger partial charge in [0.2, 0.25) is 0 Å². The molecule has 18 heavy (non-hydrogen) atoms. The minimum Gasteiger partial charge on any atom is -0.491 e. The Bertz CT molecular complexity index is 356. The van der Waals surface area contributed by atoms with E-state index < -0.39 is 0 Å². The summed E-state index contributed by atoms with van der Waals surface area (Å²) in [5.41, 5.74) is 1.20. The Morgan fingerprint density at radius 2 is 2.06 bits per heavy atom. The van der Waals surface area contributed by atoms with Crippen molar-refractivity contribution in [2.75, 3.05) is 20.1 Å². The maximum absolute atomic E-state index is 5.81. The maximum Gasteiger partial charge on any atom is 0.124 e. The molecule has 0 heterocycles. The number of nitrogens with one attached hydrogen (secondary N) is 2. The van der Waals surface area contributed by atoms with Crippen LogP contribution < -0.4 is 15.4 Å². The molecule has 3 nitrogen and oxygen atoms in total. The first-order valence-corrected chi connectivity index (χ1v) is 7.23. The van der Waals surface area contributed by atoms with Gasteiger partial charge in [-0.1, -0.05) is 15.9 Å². The van der Waals surface area contributed by atoms with Crippen LogP contribution in [0.15, 0.2) is 22.7 Å². The second-order valence-corrected chi connectivity index (χ2v) is 5.47. The summed E-state index contributed by atoms with van der Waals surface area (Å²) < 4.78 is 6.89. The monoisotopic (exact) mass is 314 g/mol. The molecule has 0 unspecified atom stereocenters. The van der Waals surface area contributed by atoms with Crippen LogP contribution in [-0.2, 0) is 6.54 Å². The van der Waals surface area contributed by atoms with E-state index in [1.807, 2.05) is 33.0 Å². The summed E-state index contributed by atoms with van der Waals surface area (Å²) in [4.78, 5) is 0. The third kappa shape index (κ3) is 5.85. The molecule has 0 saturated carbocycles. The van der Waals surface area contributed by atoms with Gasteiger partial charge in [-0.3, -0.25) is 0 Å². The quantitative estimate of drug-likeness (QED) is 0.724. The van der Waals surface area contributed by atoms with Gasteiger partial charge in [-0.2, -0.15) is 0 Å². The Hall–Kier alpha value is -0.580. The lowest BCUT2D eigenvalue weighted by Gasteiger charge is -2.15. The predicted octanol–water partition coefficient (Wildman–Crippen LogP) is 2.94. The predicted molar refractivity (Wildman–Crippen MR) is 80.2 cm³/mol. The summed E-state index contributed by atoms with van der Waals surface area (Å²) in [5.74, 6) is 0.967. The van der Waals surface area contributed by atoms with E-state index in [0.717, 1.165) is 36.3 Å². The molecule has 4 heteroatoms. The Morgan fingerprint density at radius 3 is 2.72 bits per heavy atom. The van der Waals surface area contributed by atoms with E-state index in [4.69, 9.17) is 4.74 Å². The first kappa shape index (κ1) is 15.5. The molecule has 0 fully saturated rings. The Balaban J connectivity index is 2.53. The standard InChI is InChI=1S/C14H23BrN2O/c1-11(2)18-14-6-5-13(15)9-12(14)10-17-8-4-7-16-3/h5-6,9,11,16-17H,4,7-8,10H2,1-3H3. The van der Waals surface area contributed by atoms with Gasteiger partial charge in [-0.25, -0.2) is 0 Å². The highest BCUT2D eigenvalue weighted by Crippen LogP contribution is 2.24. The van der Waals surface area contributed by atoms with E-state index in [9.17, 15) is 0 Å². The van der Waals surface area contributed by atoms with Gasteiger partial charge in [-0.05, 0) is 58.6 Å². The molecule has 0 spiro atoms. The van der Waals surface area contributed by atoms with Gasteiger partial charge in [-0.15, -0.1) is 0 Å². The number of benzene rings is 1. The van der Waals surface area contributed by atoms with Crippen molar-refractivity contribution in [3.8, 4) is 5.75 Å². The zero-order valence-corrected chi connectivity index (χ0v) is 13.0. The highest BCUT2D eigenvalue weighted by Gasteiger charge is 2.06. The second-order valence-electron chi connectivity index (χ2n) is 4.55. The summed E-state index contributed by atoms with van der Waals surface area (Å²) in [6.07, 6.45) is 1.33. The molecular formula is C14H23BrN2O. The molecule has 0 saturated heterocycles. The molecule has 102 valence electrons. The van der Waals surface area contributed by atoms with Crippen LogP contribution in [0, 0.1) is 0 Å². The van der Waals surface area contributed by atoms with E-state index in [0.29, 0.717) is 0 Å². The molecule has 1 rings (SSSR count). The second kappa shape index (κ2) is 8.51. The van der Waals surface area contributed by atoms with Crippen LogP contribution in [-0.4, -0.2) is 26.2 Å². The van der Waals surface area contributed by atoms with Crippen molar-refractivity contribution in [2.24, 2.45) is 0 Å². The van der Waals surface area contributed by atoms with Crippen molar-refractivity contribution in [1.29, 1.82) is 0 Å². The minimum absolute atomic E-state index is 0.203. The van der Waals surface area contributed by atoms with Gasteiger partial charge < -0.3 is 15.4 Å². The fraction of sp³-hybridized carbons (Fsp3) is 0.571. The molecule has 2 N–H and O–H groups in total. The summed E-state index contributed by atoms with van der Waals surface area (Å²) in [5, 5.41) is 6.58. The molecule has 1 aromatic carbocycles. The molecule has 0 aliphatic carbocycles. The Kier molecular flexibility index (Phi) is 7.32. The van der Waals surface area contributed by atoms with Crippen LogP contribution in [0.4, 0.5) is 0 Å². The van der Waals surface area contributed by atoms with Crippen molar-refractivity contribution in [1.82, 2.24) is 10.6 Å². The molecule has 1 aromatic rings. The number of ether oxygens (including phenoxy) is 1.